The molecule has 140 valence electrons. The second-order valence-electron chi connectivity index (χ2n) is 5.77. The van der Waals surface area contributed by atoms with Gasteiger partial charge in [-0.15, -0.1) is 11.3 Å². The Bertz CT molecular complexity index is 1090. The number of ketones is 1. The summed E-state index contributed by atoms with van der Waals surface area (Å²) in [4.78, 5) is 11.7. The zero-order valence-electron chi connectivity index (χ0n) is 14.1. The van der Waals surface area contributed by atoms with Gasteiger partial charge in [-0.25, -0.2) is 0 Å². The molecule has 0 bridgehead atoms. The monoisotopic (exact) mass is 417 g/mol. The number of alkyl halides is 3. The molecule has 0 saturated heterocycles. The standard InChI is InChI=1S/C21H11ClF3NOS/c22-16-8-4-5-13(10-16)9-15(12-26)19(27)18-11-17(14-6-2-1-3-7-14)20(28-18)21(23,24)25/h1-11H. The second-order valence-corrected chi connectivity index (χ2v) is 7.26. The average Bonchev–Trinajstić information content (AvgIpc) is 3.12. The zero-order valence-corrected chi connectivity index (χ0v) is 15.7. The highest BCUT2D eigenvalue weighted by atomic mass is 35.5. The van der Waals surface area contributed by atoms with E-state index in [-0.39, 0.29) is 16.0 Å². The smallest absolute Gasteiger partial charge is 0.287 e. The molecule has 0 spiro atoms. The normalized spacial score (nSPS) is 11.9. The van der Waals surface area contributed by atoms with Crippen LogP contribution in [0.5, 0.6) is 0 Å². The minimum Gasteiger partial charge on any atom is -0.287 e. The first-order chi connectivity index (χ1) is 13.3. The number of hydrogen-bond acceptors (Lipinski definition) is 3. The van der Waals surface area contributed by atoms with Gasteiger partial charge in [0, 0.05) is 10.6 Å². The van der Waals surface area contributed by atoms with Crippen LogP contribution in [0, 0.1) is 11.3 Å². The summed E-state index contributed by atoms with van der Waals surface area (Å²) in [5.74, 6) is -0.764. The van der Waals surface area contributed by atoms with Crippen LogP contribution >= 0.6 is 22.9 Å². The lowest BCUT2D eigenvalue weighted by Gasteiger charge is -2.07. The number of nitriles is 1. The number of carbonyl (C=O) groups is 1. The quantitative estimate of drug-likeness (QED) is 0.264. The Morgan fingerprint density at radius 2 is 1.79 bits per heavy atom. The fraction of sp³-hybridized carbons (Fsp3) is 0.0476. The summed E-state index contributed by atoms with van der Waals surface area (Å²) in [6.07, 6.45) is -3.30. The van der Waals surface area contributed by atoms with E-state index in [2.05, 4.69) is 0 Å². The van der Waals surface area contributed by atoms with Crippen molar-refractivity contribution in [2.45, 2.75) is 6.18 Å². The van der Waals surface area contributed by atoms with Gasteiger partial charge >= 0.3 is 6.18 Å². The lowest BCUT2D eigenvalue weighted by atomic mass is 10.0. The molecule has 7 heteroatoms. The van der Waals surface area contributed by atoms with E-state index in [1.807, 2.05) is 0 Å². The van der Waals surface area contributed by atoms with Crippen LogP contribution in [-0.2, 0) is 6.18 Å². The summed E-state index contributed by atoms with van der Waals surface area (Å²) in [6, 6.07) is 17.4. The van der Waals surface area contributed by atoms with E-state index in [4.69, 9.17) is 11.6 Å². The minimum atomic E-state index is -4.61. The molecule has 0 aliphatic carbocycles. The molecular weight excluding hydrogens is 407 g/mol. The molecule has 0 amide bonds. The van der Waals surface area contributed by atoms with Crippen LogP contribution in [0.25, 0.3) is 17.2 Å². The SMILES string of the molecule is N#CC(=Cc1cccc(Cl)c1)C(=O)c1cc(-c2ccccc2)c(C(F)(F)F)s1. The molecule has 1 heterocycles. The molecule has 0 fully saturated rings. The van der Waals surface area contributed by atoms with Crippen LogP contribution in [0.3, 0.4) is 0 Å². The van der Waals surface area contributed by atoms with Crippen LogP contribution in [0.1, 0.15) is 20.1 Å². The molecule has 2 aromatic carbocycles. The average molecular weight is 418 g/mol. The number of benzene rings is 2. The van der Waals surface area contributed by atoms with Crippen LogP contribution in [0.15, 0.2) is 66.2 Å². The first-order valence-electron chi connectivity index (χ1n) is 7.98. The number of halogens is 4. The summed E-state index contributed by atoms with van der Waals surface area (Å²) >= 11 is 6.22. The van der Waals surface area contributed by atoms with Crippen molar-refractivity contribution in [1.29, 1.82) is 5.26 Å². The number of rotatable bonds is 4. The highest BCUT2D eigenvalue weighted by molar-refractivity contribution is 7.14. The largest absolute Gasteiger partial charge is 0.426 e. The Morgan fingerprint density at radius 1 is 1.07 bits per heavy atom. The Kier molecular flexibility index (Phi) is 5.68. The van der Waals surface area contributed by atoms with Gasteiger partial charge in [0.15, 0.2) is 0 Å². The lowest BCUT2D eigenvalue weighted by Crippen LogP contribution is -2.03. The second kappa shape index (κ2) is 8.01. The fourth-order valence-electron chi connectivity index (χ4n) is 2.59. The molecule has 1 aromatic heterocycles. The van der Waals surface area contributed by atoms with Crippen molar-refractivity contribution >= 4 is 34.8 Å². The minimum absolute atomic E-state index is 0.0819. The highest BCUT2D eigenvalue weighted by Crippen LogP contribution is 2.43. The van der Waals surface area contributed by atoms with Gasteiger partial charge in [-0.05, 0) is 35.4 Å². The van der Waals surface area contributed by atoms with Crippen LogP contribution < -0.4 is 0 Å². The van der Waals surface area contributed by atoms with Crippen molar-refractivity contribution in [3.8, 4) is 17.2 Å². The van der Waals surface area contributed by atoms with Crippen LogP contribution in [-0.4, -0.2) is 5.78 Å². The Morgan fingerprint density at radius 3 is 2.39 bits per heavy atom. The third kappa shape index (κ3) is 4.33. The molecule has 0 N–H and O–H groups in total. The van der Waals surface area contributed by atoms with Crippen molar-refractivity contribution in [3.63, 3.8) is 0 Å². The topological polar surface area (TPSA) is 40.9 Å². The molecule has 0 saturated carbocycles. The number of Topliss-reactive ketones (excluding diaryl/α,β-unsaturated/α-hetero) is 1. The van der Waals surface area contributed by atoms with Crippen molar-refractivity contribution in [2.75, 3.05) is 0 Å². The van der Waals surface area contributed by atoms with Gasteiger partial charge in [-0.1, -0.05) is 54.1 Å². The van der Waals surface area contributed by atoms with E-state index in [1.165, 1.54) is 12.1 Å². The van der Waals surface area contributed by atoms with E-state index in [9.17, 15) is 23.2 Å². The van der Waals surface area contributed by atoms with E-state index in [0.717, 1.165) is 0 Å². The predicted molar refractivity (Wildman–Crippen MR) is 104 cm³/mol. The first-order valence-corrected chi connectivity index (χ1v) is 9.17. The molecule has 0 aliphatic rings. The van der Waals surface area contributed by atoms with Crippen molar-refractivity contribution in [3.05, 3.63) is 86.6 Å². The molecule has 0 atom stereocenters. The molecule has 3 aromatic rings. The number of nitrogens with zero attached hydrogens (tertiary/aromatic N) is 1. The van der Waals surface area contributed by atoms with Gasteiger partial charge in [-0.2, -0.15) is 18.4 Å². The molecule has 0 radical (unpaired) electrons. The van der Waals surface area contributed by atoms with Gasteiger partial charge in [0.2, 0.25) is 5.78 Å². The summed E-state index contributed by atoms with van der Waals surface area (Å²) in [7, 11) is 0. The molecule has 28 heavy (non-hydrogen) atoms. The van der Waals surface area contributed by atoms with E-state index >= 15 is 0 Å². The predicted octanol–water partition coefficient (Wildman–Crippen LogP) is 6.88. The van der Waals surface area contributed by atoms with Crippen molar-refractivity contribution in [1.82, 2.24) is 0 Å². The van der Waals surface area contributed by atoms with Crippen molar-refractivity contribution < 1.29 is 18.0 Å². The van der Waals surface area contributed by atoms with Crippen molar-refractivity contribution in [2.24, 2.45) is 0 Å². The summed E-state index contributed by atoms with van der Waals surface area (Å²) in [5, 5.41) is 9.77. The maximum atomic E-state index is 13.5. The lowest BCUT2D eigenvalue weighted by molar-refractivity contribution is -0.133. The first kappa shape index (κ1) is 19.9. The summed E-state index contributed by atoms with van der Waals surface area (Å²) in [6.45, 7) is 0. The van der Waals surface area contributed by atoms with Crippen LogP contribution in [0.4, 0.5) is 13.2 Å². The van der Waals surface area contributed by atoms with E-state index in [0.29, 0.717) is 27.5 Å². The van der Waals surface area contributed by atoms with Gasteiger partial charge in [0.1, 0.15) is 16.5 Å². The maximum absolute atomic E-state index is 13.5. The molecule has 0 aliphatic heterocycles. The molecule has 0 unspecified atom stereocenters. The summed E-state index contributed by atoms with van der Waals surface area (Å²) < 4.78 is 40.5. The number of carbonyl (C=O) groups excluding carboxylic acids is 1. The van der Waals surface area contributed by atoms with Gasteiger partial charge in [0.05, 0.1) is 4.88 Å². The van der Waals surface area contributed by atoms with Gasteiger partial charge in [-0.3, -0.25) is 4.79 Å². The Hall–Kier alpha value is -2.88. The highest BCUT2D eigenvalue weighted by Gasteiger charge is 2.37. The molecule has 3 rings (SSSR count). The van der Waals surface area contributed by atoms with Gasteiger partial charge < -0.3 is 0 Å². The third-order valence-electron chi connectivity index (χ3n) is 3.82. The third-order valence-corrected chi connectivity index (χ3v) is 5.24. The number of hydrogen-bond donors (Lipinski definition) is 0. The van der Waals surface area contributed by atoms with Crippen LogP contribution in [0.2, 0.25) is 5.02 Å². The number of allylic oxidation sites excluding steroid dienone is 1. The molecular formula is C21H11ClF3NOS. The van der Waals surface area contributed by atoms with E-state index in [1.54, 1.807) is 60.7 Å². The van der Waals surface area contributed by atoms with Gasteiger partial charge in [0.25, 0.3) is 0 Å². The fourth-order valence-corrected chi connectivity index (χ4v) is 3.79. The van der Waals surface area contributed by atoms with E-state index < -0.39 is 16.8 Å². The summed E-state index contributed by atoms with van der Waals surface area (Å²) in [5.41, 5.74) is 0.508. The number of thiophene rings is 1. The Labute approximate surface area is 168 Å². The zero-order chi connectivity index (χ0) is 20.3. The molecule has 2 nitrogen and oxygen atoms in total. The maximum Gasteiger partial charge on any atom is 0.426 e. The Balaban J connectivity index is 2.07.